The number of rotatable bonds is 4. The van der Waals surface area contributed by atoms with Gasteiger partial charge < -0.3 is 9.64 Å². The van der Waals surface area contributed by atoms with Crippen molar-refractivity contribution in [3.63, 3.8) is 0 Å². The number of ketones is 2. The predicted octanol–water partition coefficient (Wildman–Crippen LogP) is 4.41. The first kappa shape index (κ1) is 19.4. The highest BCUT2D eigenvalue weighted by Gasteiger charge is 2.38. The molecule has 4 heteroatoms. The van der Waals surface area contributed by atoms with E-state index in [4.69, 9.17) is 4.74 Å². The minimum absolute atomic E-state index is 0.0174. The third kappa shape index (κ3) is 4.68. The van der Waals surface area contributed by atoms with Crippen molar-refractivity contribution in [1.29, 1.82) is 0 Å². The molecule has 144 valence electrons. The molecule has 1 aromatic carbocycles. The van der Waals surface area contributed by atoms with Gasteiger partial charge >= 0.3 is 0 Å². The van der Waals surface area contributed by atoms with E-state index in [-0.39, 0.29) is 17.0 Å². The van der Waals surface area contributed by atoms with Crippen molar-refractivity contribution < 1.29 is 14.3 Å². The quantitative estimate of drug-likeness (QED) is 0.584. The first-order valence-electron chi connectivity index (χ1n) is 9.77. The fraction of sp³-hybridized carbons (Fsp3) is 0.478. The SMILES string of the molecule is COc1ccc(/C=C/C(=C2C(=O)CC(C)(C)CC2=O)N2CCCCC2)cc1. The summed E-state index contributed by atoms with van der Waals surface area (Å²) >= 11 is 0. The molecule has 1 aromatic rings. The summed E-state index contributed by atoms with van der Waals surface area (Å²) in [7, 11) is 1.64. The van der Waals surface area contributed by atoms with Crippen LogP contribution in [0.2, 0.25) is 0 Å². The molecule has 0 spiro atoms. The van der Waals surface area contributed by atoms with Crippen molar-refractivity contribution in [3.05, 3.63) is 47.2 Å². The Morgan fingerprint density at radius 3 is 2.15 bits per heavy atom. The lowest BCUT2D eigenvalue weighted by Crippen LogP contribution is -2.36. The van der Waals surface area contributed by atoms with Gasteiger partial charge in [0, 0.05) is 25.9 Å². The Bertz CT molecular complexity index is 743. The number of nitrogens with zero attached hydrogens (tertiary/aromatic N) is 1. The van der Waals surface area contributed by atoms with E-state index < -0.39 is 0 Å². The topological polar surface area (TPSA) is 46.6 Å². The van der Waals surface area contributed by atoms with E-state index in [1.807, 2.05) is 50.3 Å². The van der Waals surface area contributed by atoms with Crippen molar-refractivity contribution in [3.8, 4) is 5.75 Å². The number of ether oxygens (including phenoxy) is 1. The van der Waals surface area contributed by atoms with Crippen LogP contribution >= 0.6 is 0 Å². The van der Waals surface area contributed by atoms with Gasteiger partial charge in [0.25, 0.3) is 0 Å². The average molecular weight is 367 g/mol. The smallest absolute Gasteiger partial charge is 0.169 e. The van der Waals surface area contributed by atoms with Gasteiger partial charge in [0.05, 0.1) is 18.4 Å². The van der Waals surface area contributed by atoms with E-state index >= 15 is 0 Å². The van der Waals surface area contributed by atoms with Crippen LogP contribution < -0.4 is 4.74 Å². The van der Waals surface area contributed by atoms with Gasteiger partial charge in [-0.05, 0) is 48.4 Å². The number of hydrogen-bond donors (Lipinski definition) is 0. The lowest BCUT2D eigenvalue weighted by molar-refractivity contribution is -0.127. The Labute approximate surface area is 161 Å². The van der Waals surface area contributed by atoms with Crippen LogP contribution in [0.25, 0.3) is 6.08 Å². The molecule has 27 heavy (non-hydrogen) atoms. The number of carbonyl (C=O) groups is 2. The Hall–Kier alpha value is -2.36. The van der Waals surface area contributed by atoms with Gasteiger partial charge in [-0.25, -0.2) is 0 Å². The van der Waals surface area contributed by atoms with Gasteiger partial charge in [-0.15, -0.1) is 0 Å². The lowest BCUT2D eigenvalue weighted by atomic mass is 9.73. The van der Waals surface area contributed by atoms with E-state index in [2.05, 4.69) is 4.90 Å². The van der Waals surface area contributed by atoms with Gasteiger partial charge in [0.2, 0.25) is 0 Å². The summed E-state index contributed by atoms with van der Waals surface area (Å²) in [5.41, 5.74) is 1.98. The van der Waals surface area contributed by atoms with Gasteiger partial charge in [-0.3, -0.25) is 9.59 Å². The second-order valence-electron chi connectivity index (χ2n) is 8.28. The minimum atomic E-state index is -0.246. The molecule has 2 aliphatic rings. The molecule has 3 rings (SSSR count). The van der Waals surface area contributed by atoms with E-state index in [0.29, 0.717) is 18.4 Å². The molecule has 0 radical (unpaired) electrons. The molecule has 0 N–H and O–H groups in total. The Kier molecular flexibility index (Phi) is 5.83. The molecule has 0 aromatic heterocycles. The summed E-state index contributed by atoms with van der Waals surface area (Å²) in [5.74, 6) is 0.772. The second-order valence-corrected chi connectivity index (χ2v) is 8.28. The first-order chi connectivity index (χ1) is 12.9. The summed E-state index contributed by atoms with van der Waals surface area (Å²) in [6.45, 7) is 5.78. The highest BCUT2D eigenvalue weighted by molar-refractivity contribution is 6.23. The highest BCUT2D eigenvalue weighted by atomic mass is 16.5. The number of Topliss-reactive ketones (excluding diaryl/α,β-unsaturated/α-hetero) is 2. The fourth-order valence-electron chi connectivity index (χ4n) is 3.92. The summed E-state index contributed by atoms with van der Waals surface area (Å²) in [6, 6.07) is 7.77. The third-order valence-corrected chi connectivity index (χ3v) is 5.34. The second kappa shape index (κ2) is 8.12. The molecule has 0 atom stereocenters. The number of piperidine rings is 1. The number of benzene rings is 1. The fourth-order valence-corrected chi connectivity index (χ4v) is 3.92. The van der Waals surface area contributed by atoms with Crippen molar-refractivity contribution in [1.82, 2.24) is 4.90 Å². The standard InChI is InChI=1S/C23H29NO3/c1-23(2)15-20(25)22(21(26)16-23)19(24-13-5-4-6-14-24)12-9-17-7-10-18(27-3)11-8-17/h7-12H,4-6,13-16H2,1-3H3/b12-9+. The minimum Gasteiger partial charge on any atom is -0.497 e. The maximum absolute atomic E-state index is 12.8. The largest absolute Gasteiger partial charge is 0.497 e. The molecule has 0 unspecified atom stereocenters. The predicted molar refractivity (Wildman–Crippen MR) is 108 cm³/mol. The highest BCUT2D eigenvalue weighted by Crippen LogP contribution is 2.36. The van der Waals surface area contributed by atoms with Gasteiger partial charge in [-0.2, -0.15) is 0 Å². The molecular formula is C23H29NO3. The number of hydrogen-bond acceptors (Lipinski definition) is 4. The van der Waals surface area contributed by atoms with Gasteiger partial charge in [0.15, 0.2) is 11.6 Å². The van der Waals surface area contributed by atoms with Gasteiger partial charge in [0.1, 0.15) is 5.75 Å². The van der Waals surface area contributed by atoms with Crippen LogP contribution in [0.1, 0.15) is 51.5 Å². The third-order valence-electron chi connectivity index (χ3n) is 5.34. The zero-order chi connectivity index (χ0) is 19.4. The zero-order valence-electron chi connectivity index (χ0n) is 16.6. The van der Waals surface area contributed by atoms with Crippen LogP contribution in [-0.4, -0.2) is 36.7 Å². The lowest BCUT2D eigenvalue weighted by Gasteiger charge is -2.34. The molecule has 4 nitrogen and oxygen atoms in total. The zero-order valence-corrected chi connectivity index (χ0v) is 16.6. The monoisotopic (exact) mass is 367 g/mol. The molecule has 1 saturated heterocycles. The maximum Gasteiger partial charge on any atom is 0.169 e. The van der Waals surface area contributed by atoms with Crippen molar-refractivity contribution >= 4 is 17.6 Å². The Morgan fingerprint density at radius 1 is 1.00 bits per heavy atom. The van der Waals surface area contributed by atoms with Crippen molar-refractivity contribution in [2.75, 3.05) is 20.2 Å². The average Bonchev–Trinajstić information content (AvgIpc) is 2.64. The molecule has 2 fully saturated rings. The Balaban J connectivity index is 1.96. The molecule has 0 amide bonds. The number of carbonyl (C=O) groups excluding carboxylic acids is 2. The molecule has 1 heterocycles. The van der Waals surface area contributed by atoms with Crippen LogP contribution in [0.3, 0.4) is 0 Å². The molecular weight excluding hydrogens is 338 g/mol. The van der Waals surface area contributed by atoms with Crippen LogP contribution in [0, 0.1) is 5.41 Å². The van der Waals surface area contributed by atoms with E-state index in [9.17, 15) is 9.59 Å². The first-order valence-corrected chi connectivity index (χ1v) is 9.77. The van der Waals surface area contributed by atoms with Crippen LogP contribution in [0.5, 0.6) is 5.75 Å². The molecule has 1 aliphatic heterocycles. The molecule has 0 bridgehead atoms. The number of allylic oxidation sites excluding steroid dienone is 2. The van der Waals surface area contributed by atoms with E-state index in [1.165, 1.54) is 6.42 Å². The summed E-state index contributed by atoms with van der Waals surface area (Å²) < 4.78 is 5.20. The van der Waals surface area contributed by atoms with Crippen LogP contribution in [0.4, 0.5) is 0 Å². The normalized spacial score (nSPS) is 20.3. The van der Waals surface area contributed by atoms with Crippen molar-refractivity contribution in [2.24, 2.45) is 5.41 Å². The summed E-state index contributed by atoms with van der Waals surface area (Å²) in [5, 5.41) is 0. The molecule has 1 aliphatic carbocycles. The summed E-state index contributed by atoms with van der Waals surface area (Å²) in [4.78, 5) is 27.9. The maximum atomic E-state index is 12.8. The van der Waals surface area contributed by atoms with E-state index in [0.717, 1.165) is 42.9 Å². The Morgan fingerprint density at radius 2 is 1.59 bits per heavy atom. The van der Waals surface area contributed by atoms with E-state index in [1.54, 1.807) is 7.11 Å². The summed E-state index contributed by atoms with van der Waals surface area (Å²) in [6.07, 6.45) is 8.20. The van der Waals surface area contributed by atoms with Crippen LogP contribution in [0.15, 0.2) is 41.6 Å². The number of methoxy groups -OCH3 is 1. The van der Waals surface area contributed by atoms with Crippen molar-refractivity contribution in [2.45, 2.75) is 46.0 Å². The number of likely N-dealkylation sites (tertiary alicyclic amines) is 1. The van der Waals surface area contributed by atoms with Crippen LogP contribution in [-0.2, 0) is 9.59 Å². The van der Waals surface area contributed by atoms with Gasteiger partial charge in [-0.1, -0.05) is 32.1 Å². The molecule has 1 saturated carbocycles.